The van der Waals surface area contributed by atoms with Crippen LogP contribution < -0.4 is 15.7 Å². The van der Waals surface area contributed by atoms with Crippen LogP contribution in [0.15, 0.2) is 59.5 Å². The largest absolute Gasteiger partial charge is 0.464 e. The molecule has 2 aromatic carbocycles. The van der Waals surface area contributed by atoms with Gasteiger partial charge >= 0.3 is 0 Å². The third kappa shape index (κ3) is 5.61. The van der Waals surface area contributed by atoms with Crippen LogP contribution in [0.3, 0.4) is 0 Å². The van der Waals surface area contributed by atoms with Crippen molar-refractivity contribution in [3.63, 3.8) is 0 Å². The van der Waals surface area contributed by atoms with Gasteiger partial charge in [-0.25, -0.2) is 19.8 Å². The number of carbonyl (C=O) groups is 1. The van der Waals surface area contributed by atoms with Crippen molar-refractivity contribution in [1.29, 1.82) is 0 Å². The van der Waals surface area contributed by atoms with Gasteiger partial charge in [0.2, 0.25) is 5.95 Å². The molecule has 198 valence electrons. The van der Waals surface area contributed by atoms with Gasteiger partial charge in [-0.1, -0.05) is 6.92 Å². The zero-order valence-electron chi connectivity index (χ0n) is 21.5. The summed E-state index contributed by atoms with van der Waals surface area (Å²) in [6, 6.07) is 11.4. The summed E-state index contributed by atoms with van der Waals surface area (Å²) in [5.41, 5.74) is 5.83. The standard InChI is InChI=1S/C28H31FN6O3/c1-3-34-11-13-35(14-12-34)21-7-5-20(6-8-21)32-28-30-17-19(18-31-28)4-9-23-22-10-15-38-25(22)16-24(26(23)29)27(36)33-37-2/h5-8,10,15-18H,3-4,9,11-14H2,1-2H3,(H,33,36)(H,30,31,32). The van der Waals surface area contributed by atoms with E-state index in [4.69, 9.17) is 4.42 Å². The Hall–Kier alpha value is -4.02. The molecule has 1 saturated heterocycles. The molecular weight excluding hydrogens is 487 g/mol. The highest BCUT2D eigenvalue weighted by Crippen LogP contribution is 2.28. The van der Waals surface area contributed by atoms with E-state index in [0.29, 0.717) is 35.3 Å². The molecule has 1 amide bonds. The summed E-state index contributed by atoms with van der Waals surface area (Å²) < 4.78 is 20.7. The highest BCUT2D eigenvalue weighted by atomic mass is 19.1. The predicted molar refractivity (Wildman–Crippen MR) is 144 cm³/mol. The number of likely N-dealkylation sites (N-methyl/N-ethyl adjacent to an activating group) is 1. The lowest BCUT2D eigenvalue weighted by atomic mass is 9.99. The van der Waals surface area contributed by atoms with Gasteiger partial charge in [0.25, 0.3) is 5.91 Å². The molecule has 1 fully saturated rings. The quantitative estimate of drug-likeness (QED) is 0.316. The van der Waals surface area contributed by atoms with Gasteiger partial charge in [-0.05, 0) is 61.3 Å². The molecule has 1 aliphatic heterocycles. The smallest absolute Gasteiger partial charge is 0.277 e. The van der Waals surface area contributed by atoms with Gasteiger partial charge in [0.1, 0.15) is 11.4 Å². The number of hydrogen-bond acceptors (Lipinski definition) is 8. The van der Waals surface area contributed by atoms with Crippen molar-refractivity contribution in [1.82, 2.24) is 20.3 Å². The number of carbonyl (C=O) groups excluding carboxylic acids is 1. The number of nitrogens with one attached hydrogen (secondary N) is 2. The summed E-state index contributed by atoms with van der Waals surface area (Å²) in [5.74, 6) is -0.779. The molecule has 0 radical (unpaired) electrons. The van der Waals surface area contributed by atoms with E-state index >= 15 is 4.39 Å². The van der Waals surface area contributed by atoms with E-state index < -0.39 is 11.7 Å². The molecule has 0 aliphatic carbocycles. The minimum atomic E-state index is -0.671. The molecule has 5 rings (SSSR count). The van der Waals surface area contributed by atoms with E-state index in [1.807, 2.05) is 12.1 Å². The molecule has 9 nitrogen and oxygen atoms in total. The van der Waals surface area contributed by atoms with Crippen LogP contribution in [0.1, 0.15) is 28.4 Å². The number of benzene rings is 2. The first kappa shape index (κ1) is 25.6. The molecule has 2 aromatic heterocycles. The van der Waals surface area contributed by atoms with Gasteiger partial charge in [-0.3, -0.25) is 9.63 Å². The molecule has 3 heterocycles. The van der Waals surface area contributed by atoms with Crippen LogP contribution in [0.5, 0.6) is 0 Å². The number of hydroxylamine groups is 1. The van der Waals surface area contributed by atoms with Crippen LogP contribution in [0.2, 0.25) is 0 Å². The van der Waals surface area contributed by atoms with E-state index in [1.54, 1.807) is 18.5 Å². The molecule has 2 N–H and O–H groups in total. The maximum atomic E-state index is 15.2. The Balaban J connectivity index is 1.22. The highest BCUT2D eigenvalue weighted by Gasteiger charge is 2.20. The number of aromatic nitrogens is 2. The van der Waals surface area contributed by atoms with Crippen LogP contribution >= 0.6 is 0 Å². The second-order valence-corrected chi connectivity index (χ2v) is 9.19. The first-order valence-electron chi connectivity index (χ1n) is 12.7. The molecule has 0 spiro atoms. The van der Waals surface area contributed by atoms with Gasteiger partial charge in [-0.2, -0.15) is 0 Å². The Morgan fingerprint density at radius 1 is 1.08 bits per heavy atom. The van der Waals surface area contributed by atoms with E-state index in [0.717, 1.165) is 44.0 Å². The van der Waals surface area contributed by atoms with Crippen LogP contribution in [0.25, 0.3) is 11.0 Å². The van der Waals surface area contributed by atoms with Crippen LogP contribution in [-0.4, -0.2) is 60.6 Å². The Morgan fingerprint density at radius 3 is 2.50 bits per heavy atom. The third-order valence-electron chi connectivity index (χ3n) is 6.91. The maximum absolute atomic E-state index is 15.2. The van der Waals surface area contributed by atoms with Gasteiger partial charge in [0, 0.05) is 60.9 Å². The van der Waals surface area contributed by atoms with Crippen molar-refractivity contribution in [2.75, 3.05) is 50.1 Å². The zero-order valence-corrected chi connectivity index (χ0v) is 21.5. The fraction of sp³-hybridized carbons (Fsp3) is 0.321. The molecule has 1 aliphatic rings. The molecule has 0 atom stereocenters. The van der Waals surface area contributed by atoms with Crippen molar-refractivity contribution < 1.29 is 18.4 Å². The number of amides is 1. The van der Waals surface area contributed by atoms with Crippen LogP contribution in [-0.2, 0) is 17.7 Å². The first-order chi connectivity index (χ1) is 18.6. The molecule has 10 heteroatoms. The molecule has 38 heavy (non-hydrogen) atoms. The Kier molecular flexibility index (Phi) is 7.81. The second-order valence-electron chi connectivity index (χ2n) is 9.19. The summed E-state index contributed by atoms with van der Waals surface area (Å²) in [7, 11) is 1.30. The van der Waals surface area contributed by atoms with Gasteiger partial charge < -0.3 is 19.5 Å². The number of rotatable bonds is 9. The van der Waals surface area contributed by atoms with Crippen molar-refractivity contribution in [3.8, 4) is 0 Å². The normalized spacial score (nSPS) is 14.1. The summed E-state index contributed by atoms with van der Waals surface area (Å²) >= 11 is 0. The lowest BCUT2D eigenvalue weighted by molar-refractivity contribution is 0.0533. The lowest BCUT2D eigenvalue weighted by Gasteiger charge is -2.35. The van der Waals surface area contributed by atoms with Crippen molar-refractivity contribution in [2.24, 2.45) is 0 Å². The number of nitrogens with zero attached hydrogens (tertiary/aromatic N) is 4. The van der Waals surface area contributed by atoms with Gasteiger partial charge in [0.05, 0.1) is 18.9 Å². The minimum absolute atomic E-state index is 0.130. The van der Waals surface area contributed by atoms with Gasteiger partial charge in [0.15, 0.2) is 0 Å². The number of anilines is 3. The second kappa shape index (κ2) is 11.6. The molecule has 4 aromatic rings. The zero-order chi connectivity index (χ0) is 26.5. The average molecular weight is 519 g/mol. The van der Waals surface area contributed by atoms with E-state index in [2.05, 4.69) is 54.5 Å². The fourth-order valence-electron chi connectivity index (χ4n) is 4.74. The SMILES string of the molecule is CCN1CCN(c2ccc(Nc3ncc(CCc4c(F)c(C(=O)NOC)cc5occc45)cn3)cc2)CC1. The van der Waals surface area contributed by atoms with Crippen LogP contribution in [0, 0.1) is 5.82 Å². The van der Waals surface area contributed by atoms with Crippen molar-refractivity contribution >= 4 is 34.2 Å². The Morgan fingerprint density at radius 2 is 1.82 bits per heavy atom. The van der Waals surface area contributed by atoms with E-state index in [1.165, 1.54) is 25.1 Å². The summed E-state index contributed by atoms with van der Waals surface area (Å²) in [6.07, 6.45) is 5.77. The molecular formula is C28H31FN6O3. The lowest BCUT2D eigenvalue weighted by Crippen LogP contribution is -2.46. The molecule has 0 unspecified atom stereocenters. The van der Waals surface area contributed by atoms with Crippen molar-refractivity contribution in [3.05, 3.63) is 77.6 Å². The summed E-state index contributed by atoms with van der Waals surface area (Å²) in [4.78, 5) is 30.6. The average Bonchev–Trinajstić information content (AvgIpc) is 3.42. The third-order valence-corrected chi connectivity index (χ3v) is 6.91. The summed E-state index contributed by atoms with van der Waals surface area (Å²) in [6.45, 7) is 7.54. The van der Waals surface area contributed by atoms with E-state index in [9.17, 15) is 4.79 Å². The fourth-order valence-corrected chi connectivity index (χ4v) is 4.74. The number of piperazine rings is 1. The number of furan rings is 1. The Labute approximate surface area is 220 Å². The minimum Gasteiger partial charge on any atom is -0.464 e. The molecule has 0 saturated carbocycles. The Bertz CT molecular complexity index is 1380. The van der Waals surface area contributed by atoms with Gasteiger partial charge in [-0.15, -0.1) is 0 Å². The summed E-state index contributed by atoms with van der Waals surface area (Å²) in [5, 5.41) is 3.87. The number of aryl methyl sites for hydroxylation is 2. The maximum Gasteiger partial charge on any atom is 0.277 e. The van der Waals surface area contributed by atoms with Crippen LogP contribution in [0.4, 0.5) is 21.7 Å². The number of fused-ring (bicyclic) bond motifs is 1. The molecule has 0 bridgehead atoms. The van der Waals surface area contributed by atoms with E-state index in [-0.39, 0.29) is 5.56 Å². The predicted octanol–water partition coefficient (Wildman–Crippen LogP) is 4.32. The highest BCUT2D eigenvalue weighted by molar-refractivity contribution is 5.98. The first-order valence-corrected chi connectivity index (χ1v) is 12.7. The topological polar surface area (TPSA) is 95.8 Å². The number of hydrogen-bond donors (Lipinski definition) is 2. The number of halogens is 1. The van der Waals surface area contributed by atoms with Crippen molar-refractivity contribution in [2.45, 2.75) is 19.8 Å². The monoisotopic (exact) mass is 518 g/mol.